The number of aliphatic hydroxyl groups is 1. The van der Waals surface area contributed by atoms with Crippen LogP contribution in [0, 0.1) is 5.82 Å². The van der Waals surface area contributed by atoms with Crippen LogP contribution in [0.2, 0.25) is 0 Å². The van der Waals surface area contributed by atoms with Crippen molar-refractivity contribution < 1.29 is 41.7 Å². The number of nitrogens with two attached hydrogens (primary N) is 1. The van der Waals surface area contributed by atoms with E-state index in [0.717, 1.165) is 23.9 Å². The first-order valence-electron chi connectivity index (χ1n) is 13.5. The Balaban J connectivity index is 1.57. The van der Waals surface area contributed by atoms with E-state index in [2.05, 4.69) is 15.3 Å². The van der Waals surface area contributed by atoms with Crippen molar-refractivity contribution in [2.24, 2.45) is 5.73 Å². The summed E-state index contributed by atoms with van der Waals surface area (Å²) in [6, 6.07) is 11.8. The second-order valence-corrected chi connectivity index (χ2v) is 10.7. The summed E-state index contributed by atoms with van der Waals surface area (Å²) in [5.74, 6) is -2.21. The summed E-state index contributed by atoms with van der Waals surface area (Å²) in [6.45, 7) is 1.67. The SMILES string of the molecule is CCc1ccc2cc(C(=O)NC[C@](O)(c3cc4c(c(-c5ccc(F)cc5)n3)OC[C@]4(C)C(N)=O)C(F)(F)F)cc(OC)c2n1. The highest BCUT2D eigenvalue weighted by Gasteiger charge is 2.57. The number of benzene rings is 2. The van der Waals surface area contributed by atoms with Crippen LogP contribution in [0.15, 0.2) is 54.6 Å². The second kappa shape index (κ2) is 11.1. The minimum absolute atomic E-state index is 0.0293. The van der Waals surface area contributed by atoms with E-state index >= 15 is 0 Å². The monoisotopic (exact) mass is 612 g/mol. The lowest BCUT2D eigenvalue weighted by Gasteiger charge is -2.31. The number of pyridine rings is 2. The number of rotatable bonds is 8. The second-order valence-electron chi connectivity index (χ2n) is 10.7. The number of fused-ring (bicyclic) bond motifs is 2. The van der Waals surface area contributed by atoms with Crippen LogP contribution in [0.3, 0.4) is 0 Å². The standard InChI is InChI=1S/C31H28F4N4O5/c1-4-20-10-7-17-11-18(12-22(43-3)24(17)38-20)27(40)37-14-30(42,31(33,34)35)23-13-21-26(44-15-29(21,2)28(36)41)25(39-23)16-5-8-19(32)9-6-16/h5-13,42H,4,14-15H2,1-3H3,(H2,36,41)(H,37,40)/t29-,30-/m0/s1. The molecule has 2 aromatic carbocycles. The van der Waals surface area contributed by atoms with E-state index in [1.165, 1.54) is 38.3 Å². The number of nitrogens with one attached hydrogen (secondary N) is 1. The molecule has 1 aliphatic rings. The Morgan fingerprint density at radius 3 is 2.43 bits per heavy atom. The minimum atomic E-state index is -5.36. The number of primary amides is 1. The van der Waals surface area contributed by atoms with Crippen molar-refractivity contribution in [1.29, 1.82) is 0 Å². The summed E-state index contributed by atoms with van der Waals surface area (Å²) in [7, 11) is 1.38. The van der Waals surface area contributed by atoms with Crippen LogP contribution in [0.1, 0.15) is 41.2 Å². The number of alkyl halides is 3. The molecule has 0 saturated heterocycles. The van der Waals surface area contributed by atoms with E-state index in [1.54, 1.807) is 12.1 Å². The molecule has 0 fully saturated rings. The van der Waals surface area contributed by atoms with Gasteiger partial charge in [0.1, 0.15) is 40.5 Å². The highest BCUT2D eigenvalue weighted by atomic mass is 19.4. The third kappa shape index (κ3) is 5.17. The molecule has 0 bridgehead atoms. The van der Waals surface area contributed by atoms with Crippen molar-refractivity contribution >= 4 is 22.7 Å². The molecule has 1 aliphatic heterocycles. The Morgan fingerprint density at radius 1 is 1.11 bits per heavy atom. The third-order valence-electron chi connectivity index (χ3n) is 7.79. The summed E-state index contributed by atoms with van der Waals surface area (Å²) in [4.78, 5) is 34.2. The molecule has 5 rings (SSSR count). The Hall–Kier alpha value is -4.78. The average Bonchev–Trinajstić information content (AvgIpc) is 3.35. The van der Waals surface area contributed by atoms with E-state index in [1.807, 2.05) is 6.92 Å². The molecule has 0 saturated carbocycles. The summed E-state index contributed by atoms with van der Waals surface area (Å²) < 4.78 is 68.8. The van der Waals surface area contributed by atoms with Crippen molar-refractivity contribution in [3.05, 3.63) is 82.9 Å². The van der Waals surface area contributed by atoms with Gasteiger partial charge in [-0.3, -0.25) is 9.59 Å². The van der Waals surface area contributed by atoms with Gasteiger partial charge < -0.3 is 25.6 Å². The van der Waals surface area contributed by atoms with Crippen LogP contribution in [0.4, 0.5) is 17.6 Å². The molecule has 9 nitrogen and oxygen atoms in total. The van der Waals surface area contributed by atoms with Gasteiger partial charge in [0.15, 0.2) is 0 Å². The molecule has 2 aromatic heterocycles. The quantitative estimate of drug-likeness (QED) is 0.252. The van der Waals surface area contributed by atoms with Gasteiger partial charge in [-0.2, -0.15) is 13.2 Å². The smallest absolute Gasteiger partial charge is 0.424 e. The average molecular weight is 613 g/mol. The molecule has 4 N–H and O–H groups in total. The van der Waals surface area contributed by atoms with Crippen LogP contribution in [-0.4, -0.2) is 53.3 Å². The molecular weight excluding hydrogens is 584 g/mol. The maximum atomic E-state index is 14.7. The first-order valence-corrected chi connectivity index (χ1v) is 13.5. The summed E-state index contributed by atoms with van der Waals surface area (Å²) >= 11 is 0. The minimum Gasteiger partial charge on any atom is -0.494 e. The zero-order valence-electron chi connectivity index (χ0n) is 23.9. The van der Waals surface area contributed by atoms with Gasteiger partial charge in [-0.25, -0.2) is 14.4 Å². The summed E-state index contributed by atoms with van der Waals surface area (Å²) in [6.07, 6.45) is -4.70. The van der Waals surface area contributed by atoms with E-state index in [9.17, 15) is 32.3 Å². The van der Waals surface area contributed by atoms with Crippen LogP contribution in [0.25, 0.3) is 22.2 Å². The first-order chi connectivity index (χ1) is 20.7. The van der Waals surface area contributed by atoms with Gasteiger partial charge in [-0.1, -0.05) is 13.0 Å². The zero-order chi connectivity index (χ0) is 32.0. The number of aryl methyl sites for hydroxylation is 1. The predicted molar refractivity (Wildman–Crippen MR) is 152 cm³/mol. The topological polar surface area (TPSA) is 137 Å². The van der Waals surface area contributed by atoms with Crippen LogP contribution >= 0.6 is 0 Å². The van der Waals surface area contributed by atoms with E-state index < -0.39 is 47.1 Å². The lowest BCUT2D eigenvalue weighted by atomic mass is 9.81. The molecule has 2 amide bonds. The molecular formula is C31H28F4N4O5. The number of hydrogen-bond acceptors (Lipinski definition) is 7. The van der Waals surface area contributed by atoms with E-state index in [0.29, 0.717) is 17.3 Å². The Labute approximate surface area is 249 Å². The maximum Gasteiger partial charge on any atom is 0.424 e. The third-order valence-corrected chi connectivity index (χ3v) is 7.79. The molecule has 0 radical (unpaired) electrons. The highest BCUT2D eigenvalue weighted by Crippen LogP contribution is 2.47. The number of methoxy groups -OCH3 is 1. The van der Waals surface area contributed by atoms with Crippen molar-refractivity contribution in [3.8, 4) is 22.8 Å². The molecule has 3 heterocycles. The van der Waals surface area contributed by atoms with Crippen molar-refractivity contribution in [1.82, 2.24) is 15.3 Å². The van der Waals surface area contributed by atoms with Gasteiger partial charge in [0, 0.05) is 27.8 Å². The number of halogens is 4. The fourth-order valence-electron chi connectivity index (χ4n) is 4.98. The van der Waals surface area contributed by atoms with Crippen LogP contribution in [-0.2, 0) is 22.2 Å². The number of hydrogen-bond donors (Lipinski definition) is 3. The number of carbonyl (C=O) groups is 2. The maximum absolute atomic E-state index is 14.7. The van der Waals surface area contributed by atoms with Gasteiger partial charge in [-0.05, 0) is 61.9 Å². The molecule has 0 unspecified atom stereocenters. The lowest BCUT2D eigenvalue weighted by molar-refractivity contribution is -0.265. The lowest BCUT2D eigenvalue weighted by Crippen LogP contribution is -2.51. The van der Waals surface area contributed by atoms with Gasteiger partial charge in [-0.15, -0.1) is 0 Å². The highest BCUT2D eigenvalue weighted by molar-refractivity contribution is 6.00. The van der Waals surface area contributed by atoms with Gasteiger partial charge in [0.2, 0.25) is 11.5 Å². The summed E-state index contributed by atoms with van der Waals surface area (Å²) in [5.41, 5.74) is 0.554. The van der Waals surface area contributed by atoms with Crippen LogP contribution in [0.5, 0.6) is 11.5 Å². The van der Waals surface area contributed by atoms with Gasteiger partial charge >= 0.3 is 6.18 Å². The largest absolute Gasteiger partial charge is 0.494 e. The first kappa shape index (κ1) is 30.7. The molecule has 44 heavy (non-hydrogen) atoms. The van der Waals surface area contributed by atoms with Crippen molar-refractivity contribution in [3.63, 3.8) is 0 Å². The fraction of sp³-hybridized carbons (Fsp3) is 0.290. The normalized spacial score (nSPS) is 17.5. The van der Waals surface area contributed by atoms with E-state index in [-0.39, 0.29) is 40.5 Å². The molecule has 0 aliphatic carbocycles. The number of nitrogens with zero attached hydrogens (tertiary/aromatic N) is 2. The number of ether oxygens (including phenoxy) is 2. The van der Waals surface area contributed by atoms with E-state index in [4.69, 9.17) is 15.2 Å². The molecule has 230 valence electrons. The molecule has 4 aromatic rings. The fourth-order valence-corrected chi connectivity index (χ4v) is 4.98. The number of aromatic nitrogens is 2. The molecule has 2 atom stereocenters. The molecule has 13 heteroatoms. The van der Waals surface area contributed by atoms with Crippen molar-refractivity contribution in [2.75, 3.05) is 20.3 Å². The predicted octanol–water partition coefficient (Wildman–Crippen LogP) is 4.32. The van der Waals surface area contributed by atoms with Crippen LogP contribution < -0.4 is 20.5 Å². The summed E-state index contributed by atoms with van der Waals surface area (Å²) in [5, 5.41) is 13.9. The zero-order valence-corrected chi connectivity index (χ0v) is 23.9. The van der Waals surface area contributed by atoms with Crippen molar-refractivity contribution in [2.45, 2.75) is 37.5 Å². The van der Waals surface area contributed by atoms with Gasteiger partial charge in [0.05, 0.1) is 19.3 Å². The van der Waals surface area contributed by atoms with Gasteiger partial charge in [0.25, 0.3) is 5.91 Å². The Kier molecular flexibility index (Phi) is 7.70. The molecule has 0 spiro atoms. The number of carbonyl (C=O) groups excluding carboxylic acids is 2. The number of amides is 2. The Morgan fingerprint density at radius 2 is 1.82 bits per heavy atom. The Bertz CT molecular complexity index is 1780.